The minimum atomic E-state index is -3.79. The molecule has 5 aromatic rings. The van der Waals surface area contributed by atoms with Gasteiger partial charge in [0, 0.05) is 95.4 Å². The Morgan fingerprint density at radius 3 is 1.18 bits per heavy atom. The number of rotatable bonds is 32. The summed E-state index contributed by atoms with van der Waals surface area (Å²) in [4.78, 5) is 29.9. The summed E-state index contributed by atoms with van der Waals surface area (Å²) in [5.41, 5.74) is 6.46. The Morgan fingerprint density at radius 1 is 0.475 bits per heavy atom. The molecule has 2 unspecified atom stereocenters. The van der Waals surface area contributed by atoms with Crippen LogP contribution in [0.2, 0.25) is 20.1 Å². The Hall–Kier alpha value is -4.30. The van der Waals surface area contributed by atoms with Crippen molar-refractivity contribution in [2.24, 2.45) is 0 Å². The van der Waals surface area contributed by atoms with Gasteiger partial charge in [0.2, 0.25) is 20.0 Å². The number of nitrogens with one attached hydrogen (secondary N) is 4. The average Bonchev–Trinajstić information content (AvgIpc) is 3.43. The van der Waals surface area contributed by atoms with Crippen molar-refractivity contribution in [1.82, 2.24) is 29.9 Å². The van der Waals surface area contributed by atoms with Crippen LogP contribution in [0.4, 0.5) is 0 Å². The molecule has 0 spiro atoms. The SMILES string of the molecule is CN1Cc2c(Cl)cc(Cl)cc2C(c2cccc(S(=O)(=O)NCCOCCOCCOCCNC(=O)c3ccc(C(=O)NCCOCCOCCOCCNS(=O)(=O)c4cccc(C5CN(C)Cc6c(Cl)cc(Cl)cc65)c4)cc3)c2)C1. The van der Waals surface area contributed by atoms with E-state index in [4.69, 9.17) is 74.8 Å². The summed E-state index contributed by atoms with van der Waals surface area (Å²) in [7, 11) is -3.58. The number of hydrogen-bond acceptors (Lipinski definition) is 14. The lowest BCUT2D eigenvalue weighted by atomic mass is 9.85. The molecule has 18 nitrogen and oxygen atoms in total. The van der Waals surface area contributed by atoms with Crippen LogP contribution in [0.3, 0.4) is 0 Å². The number of benzene rings is 5. The van der Waals surface area contributed by atoms with Crippen LogP contribution in [0.25, 0.3) is 0 Å². The fourth-order valence-electron chi connectivity index (χ4n) is 9.26. The molecule has 2 heterocycles. The number of carbonyl (C=O) groups is 2. The zero-order valence-corrected chi connectivity index (χ0v) is 49.3. The summed E-state index contributed by atoms with van der Waals surface area (Å²) in [5, 5.41) is 7.83. The second kappa shape index (κ2) is 31.4. The van der Waals surface area contributed by atoms with Crippen LogP contribution in [-0.2, 0) is 61.6 Å². The van der Waals surface area contributed by atoms with Gasteiger partial charge >= 0.3 is 0 Å². The lowest BCUT2D eigenvalue weighted by Gasteiger charge is -2.33. The van der Waals surface area contributed by atoms with Crippen LogP contribution >= 0.6 is 46.4 Å². The normalized spacial score (nSPS) is 15.8. The van der Waals surface area contributed by atoms with Crippen molar-refractivity contribution in [2.75, 3.05) is 133 Å². The maximum Gasteiger partial charge on any atom is 0.251 e. The van der Waals surface area contributed by atoms with Crippen molar-refractivity contribution in [1.29, 1.82) is 0 Å². The zero-order valence-electron chi connectivity index (χ0n) is 44.7. The molecule has 0 saturated heterocycles. The van der Waals surface area contributed by atoms with Crippen molar-refractivity contribution >= 4 is 78.3 Å². The quantitative estimate of drug-likeness (QED) is 0.0321. The van der Waals surface area contributed by atoms with Gasteiger partial charge in [0.05, 0.1) is 89.1 Å². The molecule has 4 N–H and O–H groups in total. The van der Waals surface area contributed by atoms with Crippen LogP contribution in [0, 0.1) is 0 Å². The number of halogens is 4. The number of ether oxygens (including phenoxy) is 6. The zero-order chi connectivity index (χ0) is 57.1. The number of likely N-dealkylation sites (N-methyl/N-ethyl adjacent to an activating group) is 2. The maximum absolute atomic E-state index is 13.2. The van der Waals surface area contributed by atoms with Crippen molar-refractivity contribution in [2.45, 2.75) is 34.7 Å². The number of fused-ring (bicyclic) bond motifs is 2. The number of sulfonamides is 2. The fraction of sp³-hybridized carbons (Fsp3) is 0.429. The van der Waals surface area contributed by atoms with E-state index in [1.165, 1.54) is 0 Å². The first kappa shape index (κ1) is 63.3. The highest BCUT2D eigenvalue weighted by atomic mass is 35.5. The summed E-state index contributed by atoms with van der Waals surface area (Å²) in [6.07, 6.45) is 0. The summed E-state index contributed by atoms with van der Waals surface area (Å²) >= 11 is 25.7. The van der Waals surface area contributed by atoms with Gasteiger partial charge in [-0.1, -0.05) is 70.7 Å². The van der Waals surface area contributed by atoms with Gasteiger partial charge < -0.3 is 48.9 Å². The van der Waals surface area contributed by atoms with Crippen LogP contribution in [0.5, 0.6) is 0 Å². The average molecular weight is 1220 g/mol. The van der Waals surface area contributed by atoms with Crippen LogP contribution in [-0.4, -0.2) is 171 Å². The smallest absolute Gasteiger partial charge is 0.251 e. The fourth-order valence-corrected chi connectivity index (χ4v) is 12.5. The lowest BCUT2D eigenvalue weighted by Crippen LogP contribution is -2.31. The number of nitrogens with zero attached hydrogens (tertiary/aromatic N) is 2. The van der Waals surface area contributed by atoms with Gasteiger partial charge in [0.15, 0.2) is 0 Å². The van der Waals surface area contributed by atoms with Gasteiger partial charge in [-0.25, -0.2) is 26.3 Å². The van der Waals surface area contributed by atoms with Crippen molar-refractivity contribution < 1.29 is 54.8 Å². The van der Waals surface area contributed by atoms with E-state index in [0.717, 1.165) is 33.4 Å². The van der Waals surface area contributed by atoms with Gasteiger partial charge in [-0.05, 0) is 120 Å². The number of amides is 2. The Kier molecular flexibility index (Phi) is 24.8. The van der Waals surface area contributed by atoms with E-state index in [-0.39, 0.29) is 99.3 Å². The molecule has 434 valence electrons. The molecule has 0 aliphatic carbocycles. The van der Waals surface area contributed by atoms with Gasteiger partial charge in [-0.3, -0.25) is 9.59 Å². The van der Waals surface area contributed by atoms with Gasteiger partial charge in [-0.15, -0.1) is 0 Å². The van der Waals surface area contributed by atoms with E-state index in [1.807, 2.05) is 38.4 Å². The van der Waals surface area contributed by atoms with Crippen molar-refractivity contribution in [3.63, 3.8) is 0 Å². The molecule has 0 fully saturated rings. The molecule has 2 aliphatic rings. The monoisotopic (exact) mass is 1220 g/mol. The first-order valence-electron chi connectivity index (χ1n) is 26.1. The first-order chi connectivity index (χ1) is 38.5. The predicted molar refractivity (Wildman–Crippen MR) is 309 cm³/mol. The topological polar surface area (TPSA) is 212 Å². The molecular weight excluding hydrogens is 1150 g/mol. The van der Waals surface area contributed by atoms with Gasteiger partial charge in [0.1, 0.15) is 0 Å². The number of carbonyl (C=O) groups excluding carboxylic acids is 2. The van der Waals surface area contributed by atoms with Crippen LogP contribution < -0.4 is 20.1 Å². The molecule has 80 heavy (non-hydrogen) atoms. The Bertz CT molecular complexity index is 2890. The minimum absolute atomic E-state index is 0.0849. The van der Waals surface area contributed by atoms with Gasteiger partial charge in [-0.2, -0.15) is 0 Å². The second-order valence-electron chi connectivity index (χ2n) is 19.1. The largest absolute Gasteiger partial charge is 0.378 e. The third kappa shape index (κ3) is 18.9. The molecule has 0 aromatic heterocycles. The lowest BCUT2D eigenvalue weighted by molar-refractivity contribution is 0.0162. The summed E-state index contributed by atoms with van der Waals surface area (Å²) in [5.74, 6) is -0.807. The molecule has 5 aromatic carbocycles. The first-order valence-corrected chi connectivity index (χ1v) is 30.6. The van der Waals surface area contributed by atoms with Crippen LogP contribution in [0.15, 0.2) is 107 Å². The predicted octanol–water partition coefficient (Wildman–Crippen LogP) is 6.97. The number of hydrogen-bond donors (Lipinski definition) is 4. The van der Waals surface area contributed by atoms with Crippen molar-refractivity contribution in [3.05, 3.63) is 162 Å². The molecule has 24 heteroatoms. The molecule has 7 rings (SSSR count). The second-order valence-corrected chi connectivity index (χ2v) is 24.3. The molecule has 0 saturated carbocycles. The van der Waals surface area contributed by atoms with E-state index >= 15 is 0 Å². The highest BCUT2D eigenvalue weighted by Gasteiger charge is 2.30. The van der Waals surface area contributed by atoms with E-state index in [1.54, 1.807) is 72.8 Å². The van der Waals surface area contributed by atoms with E-state index < -0.39 is 20.0 Å². The highest BCUT2D eigenvalue weighted by molar-refractivity contribution is 7.89. The molecule has 2 atom stereocenters. The molecular formula is C56H68Cl4N6O12S2. The third-order valence-corrected chi connectivity index (χ3v) is 17.2. The Balaban J connectivity index is 0.651. The highest BCUT2D eigenvalue weighted by Crippen LogP contribution is 2.40. The Morgan fingerprint density at radius 2 is 0.812 bits per heavy atom. The maximum atomic E-state index is 13.2. The molecule has 0 bridgehead atoms. The van der Waals surface area contributed by atoms with E-state index in [0.29, 0.717) is 97.0 Å². The van der Waals surface area contributed by atoms with E-state index in [9.17, 15) is 26.4 Å². The molecule has 2 amide bonds. The summed E-state index contributed by atoms with van der Waals surface area (Å²) in [6.45, 7) is 6.63. The molecule has 0 radical (unpaired) electrons. The van der Waals surface area contributed by atoms with Crippen molar-refractivity contribution in [3.8, 4) is 0 Å². The summed E-state index contributed by atoms with van der Waals surface area (Å²) in [6, 6.07) is 27.4. The third-order valence-electron chi connectivity index (χ3n) is 13.2. The van der Waals surface area contributed by atoms with E-state index in [2.05, 4.69) is 29.9 Å². The van der Waals surface area contributed by atoms with Crippen LogP contribution in [0.1, 0.15) is 65.9 Å². The minimum Gasteiger partial charge on any atom is -0.378 e. The Labute approximate surface area is 489 Å². The van der Waals surface area contributed by atoms with Gasteiger partial charge in [0.25, 0.3) is 11.8 Å². The summed E-state index contributed by atoms with van der Waals surface area (Å²) < 4.78 is 91.1. The standard InChI is InChI=1S/C56H68Cl4N6O12S2/c1-65-35-49(47-31-43(57)33-53(59)51(47)37-65)41-5-3-7-45(29-41)79(69,70)63-15-19-75-23-27-77-25-21-73-17-13-61-55(67)39-9-11-40(12-10-39)56(68)62-14-18-74-22-26-78-28-24-76-20-16-64-80(71,72)46-8-4-6-42(30-46)50-36-66(2)38-52-48(50)32-44(58)34-54(52)60/h3-12,29-34,49-50,63-64H,13-28,35-38H2,1-2H3,(H,61,67)(H,62,68). The molecule has 2 aliphatic heterocycles.